The van der Waals surface area contributed by atoms with Gasteiger partial charge in [-0.3, -0.25) is 0 Å². The van der Waals surface area contributed by atoms with E-state index in [-0.39, 0.29) is 0 Å². The summed E-state index contributed by atoms with van der Waals surface area (Å²) in [5.41, 5.74) is 0. The van der Waals surface area contributed by atoms with Crippen molar-refractivity contribution >= 4 is 10.1 Å². The first-order chi connectivity index (χ1) is 8.03. The van der Waals surface area contributed by atoms with Gasteiger partial charge in [0.25, 0.3) is 0 Å². The van der Waals surface area contributed by atoms with Gasteiger partial charge >= 0.3 is 10.1 Å². The molecule has 1 aromatic rings. The molecule has 1 saturated carbocycles. The van der Waals surface area contributed by atoms with E-state index in [4.69, 9.17) is 8.92 Å². The van der Waals surface area contributed by atoms with Crippen LogP contribution in [0.1, 0.15) is 25.7 Å². The van der Waals surface area contributed by atoms with Crippen LogP contribution in [0.5, 0.6) is 11.5 Å². The van der Waals surface area contributed by atoms with Gasteiger partial charge in [-0.25, -0.2) is 0 Å². The first-order valence-electron chi connectivity index (χ1n) is 5.69. The summed E-state index contributed by atoms with van der Waals surface area (Å²) >= 11 is 0. The molecule has 1 aliphatic carbocycles. The third-order valence-electron chi connectivity index (χ3n) is 2.68. The first kappa shape index (κ1) is 12.2. The molecule has 0 saturated heterocycles. The van der Waals surface area contributed by atoms with Crippen molar-refractivity contribution in [2.75, 3.05) is 6.26 Å². The molecule has 0 bridgehead atoms. The third-order valence-corrected chi connectivity index (χ3v) is 3.17. The van der Waals surface area contributed by atoms with E-state index in [1.165, 1.54) is 12.8 Å². The Morgan fingerprint density at radius 3 is 2.12 bits per heavy atom. The summed E-state index contributed by atoms with van der Waals surface area (Å²) in [5, 5.41) is 0. The van der Waals surface area contributed by atoms with E-state index in [0.717, 1.165) is 24.8 Å². The van der Waals surface area contributed by atoms with Crippen LogP contribution >= 0.6 is 0 Å². The zero-order valence-corrected chi connectivity index (χ0v) is 10.6. The summed E-state index contributed by atoms with van der Waals surface area (Å²) in [6.45, 7) is 0. The zero-order chi connectivity index (χ0) is 12.3. The number of rotatable bonds is 4. The van der Waals surface area contributed by atoms with Crippen LogP contribution in [0.4, 0.5) is 0 Å². The van der Waals surface area contributed by atoms with E-state index in [1.807, 2.05) is 0 Å². The number of benzene rings is 1. The normalized spacial score (nSPS) is 17.0. The molecule has 1 fully saturated rings. The van der Waals surface area contributed by atoms with Crippen LogP contribution in [0.25, 0.3) is 0 Å². The van der Waals surface area contributed by atoms with Gasteiger partial charge < -0.3 is 8.92 Å². The van der Waals surface area contributed by atoms with E-state index >= 15 is 0 Å². The molecular formula is C12H16O4S. The molecular weight excluding hydrogens is 240 g/mol. The fourth-order valence-corrected chi connectivity index (χ4v) is 2.41. The Morgan fingerprint density at radius 1 is 1.06 bits per heavy atom. The molecule has 1 aromatic carbocycles. The van der Waals surface area contributed by atoms with Gasteiger partial charge in [0.1, 0.15) is 11.5 Å². The highest BCUT2D eigenvalue weighted by molar-refractivity contribution is 7.86. The molecule has 0 amide bonds. The van der Waals surface area contributed by atoms with Crippen molar-refractivity contribution in [2.45, 2.75) is 31.8 Å². The van der Waals surface area contributed by atoms with Crippen LogP contribution in [-0.2, 0) is 10.1 Å². The molecule has 2 rings (SSSR count). The fraction of sp³-hybridized carbons (Fsp3) is 0.500. The average molecular weight is 256 g/mol. The molecule has 0 unspecified atom stereocenters. The molecule has 0 spiro atoms. The van der Waals surface area contributed by atoms with Crippen LogP contribution in [0.3, 0.4) is 0 Å². The Bertz CT molecular complexity index is 458. The van der Waals surface area contributed by atoms with Gasteiger partial charge in [-0.2, -0.15) is 8.42 Å². The second kappa shape index (κ2) is 4.96. The van der Waals surface area contributed by atoms with Crippen LogP contribution in [0.15, 0.2) is 24.3 Å². The second-order valence-corrected chi connectivity index (χ2v) is 5.86. The Morgan fingerprint density at radius 2 is 1.59 bits per heavy atom. The van der Waals surface area contributed by atoms with Gasteiger partial charge in [0.2, 0.25) is 0 Å². The zero-order valence-electron chi connectivity index (χ0n) is 9.76. The van der Waals surface area contributed by atoms with Crippen molar-refractivity contribution in [1.29, 1.82) is 0 Å². The van der Waals surface area contributed by atoms with Crippen LogP contribution in [0, 0.1) is 0 Å². The SMILES string of the molecule is CS(=O)(=O)Oc1ccc(OC2CCCC2)cc1. The maximum absolute atomic E-state index is 10.9. The minimum absolute atomic E-state index is 0.302. The van der Waals surface area contributed by atoms with E-state index in [2.05, 4.69) is 0 Å². The third kappa shape index (κ3) is 3.93. The predicted molar refractivity (Wildman–Crippen MR) is 64.8 cm³/mol. The smallest absolute Gasteiger partial charge is 0.306 e. The quantitative estimate of drug-likeness (QED) is 0.776. The molecule has 5 heteroatoms. The summed E-state index contributed by atoms with van der Waals surface area (Å²) in [4.78, 5) is 0. The van der Waals surface area contributed by atoms with Crippen LogP contribution < -0.4 is 8.92 Å². The molecule has 0 atom stereocenters. The minimum Gasteiger partial charge on any atom is -0.490 e. The number of hydrogen-bond donors (Lipinski definition) is 0. The Labute approximate surface area is 102 Å². The first-order valence-corrected chi connectivity index (χ1v) is 7.51. The monoisotopic (exact) mass is 256 g/mol. The van der Waals surface area contributed by atoms with Crippen LogP contribution in [0.2, 0.25) is 0 Å². The summed E-state index contributed by atoms with van der Waals surface area (Å²) in [7, 11) is -3.45. The second-order valence-electron chi connectivity index (χ2n) is 4.28. The fourth-order valence-electron chi connectivity index (χ4n) is 1.95. The lowest BCUT2D eigenvalue weighted by atomic mass is 10.3. The lowest BCUT2D eigenvalue weighted by Gasteiger charge is -2.13. The lowest BCUT2D eigenvalue weighted by Crippen LogP contribution is -2.10. The predicted octanol–water partition coefficient (Wildman–Crippen LogP) is 2.35. The standard InChI is InChI=1S/C12H16O4S/c1-17(13,14)16-12-8-6-11(7-9-12)15-10-4-2-3-5-10/h6-10H,2-5H2,1H3. The van der Waals surface area contributed by atoms with Gasteiger partial charge in [-0.15, -0.1) is 0 Å². The van der Waals surface area contributed by atoms with Crippen molar-refractivity contribution in [3.05, 3.63) is 24.3 Å². The van der Waals surface area contributed by atoms with Gasteiger partial charge in [0.15, 0.2) is 0 Å². The molecule has 0 radical (unpaired) electrons. The molecule has 0 N–H and O–H groups in total. The van der Waals surface area contributed by atoms with Gasteiger partial charge in [-0.1, -0.05) is 0 Å². The molecule has 0 aromatic heterocycles. The molecule has 1 aliphatic rings. The highest BCUT2D eigenvalue weighted by atomic mass is 32.2. The summed E-state index contributed by atoms with van der Waals surface area (Å²) in [6.07, 6.45) is 5.97. The summed E-state index contributed by atoms with van der Waals surface area (Å²) < 4.78 is 32.3. The molecule has 17 heavy (non-hydrogen) atoms. The van der Waals surface area contributed by atoms with Crippen molar-refractivity contribution in [1.82, 2.24) is 0 Å². The highest BCUT2D eigenvalue weighted by Crippen LogP contribution is 2.25. The summed E-state index contributed by atoms with van der Waals surface area (Å²) in [5.74, 6) is 1.07. The maximum atomic E-state index is 10.9. The molecule has 0 aliphatic heterocycles. The Balaban J connectivity index is 1.97. The van der Waals surface area contributed by atoms with Crippen molar-refractivity contribution in [3.8, 4) is 11.5 Å². The summed E-state index contributed by atoms with van der Waals surface area (Å²) in [6, 6.07) is 6.67. The Hall–Kier alpha value is -1.23. The number of hydrogen-bond acceptors (Lipinski definition) is 4. The average Bonchev–Trinajstić information content (AvgIpc) is 2.71. The lowest BCUT2D eigenvalue weighted by molar-refractivity contribution is 0.210. The van der Waals surface area contributed by atoms with Gasteiger partial charge in [-0.05, 0) is 49.9 Å². The van der Waals surface area contributed by atoms with E-state index in [1.54, 1.807) is 24.3 Å². The van der Waals surface area contributed by atoms with E-state index < -0.39 is 10.1 Å². The number of ether oxygens (including phenoxy) is 1. The van der Waals surface area contributed by atoms with E-state index in [9.17, 15) is 8.42 Å². The van der Waals surface area contributed by atoms with Gasteiger partial charge in [0.05, 0.1) is 12.4 Å². The van der Waals surface area contributed by atoms with Crippen molar-refractivity contribution in [2.24, 2.45) is 0 Å². The maximum Gasteiger partial charge on any atom is 0.306 e. The van der Waals surface area contributed by atoms with Gasteiger partial charge in [0, 0.05) is 0 Å². The van der Waals surface area contributed by atoms with Crippen molar-refractivity contribution < 1.29 is 17.3 Å². The van der Waals surface area contributed by atoms with Crippen molar-refractivity contribution in [3.63, 3.8) is 0 Å². The highest BCUT2D eigenvalue weighted by Gasteiger charge is 2.16. The minimum atomic E-state index is -3.45. The van der Waals surface area contributed by atoms with E-state index in [0.29, 0.717) is 11.9 Å². The molecule has 0 heterocycles. The van der Waals surface area contributed by atoms with Crippen LogP contribution in [-0.4, -0.2) is 20.8 Å². The largest absolute Gasteiger partial charge is 0.490 e. The Kier molecular flexibility index (Phi) is 3.57. The molecule has 94 valence electrons. The molecule has 4 nitrogen and oxygen atoms in total. The topological polar surface area (TPSA) is 52.6 Å².